The van der Waals surface area contributed by atoms with Gasteiger partial charge in [0.05, 0.1) is 15.0 Å². The number of carbonyl (C=O) groups excluding carboxylic acids is 2. The van der Waals surface area contributed by atoms with Crippen molar-refractivity contribution in [1.29, 1.82) is 0 Å². The summed E-state index contributed by atoms with van der Waals surface area (Å²) in [7, 11) is 0. The van der Waals surface area contributed by atoms with Crippen LogP contribution in [0.3, 0.4) is 0 Å². The Morgan fingerprint density at radius 2 is 1.81 bits per heavy atom. The molecular weight excluding hydrogens is 473 g/mol. The molecule has 6 heteroatoms. The summed E-state index contributed by atoms with van der Waals surface area (Å²) in [5, 5.41) is 11.5. The van der Waals surface area contributed by atoms with Crippen LogP contribution in [0.25, 0.3) is 16.8 Å². The lowest BCUT2D eigenvalue weighted by Gasteiger charge is -2.14. The number of hydrogen-bond donors (Lipinski definition) is 1. The van der Waals surface area contributed by atoms with Crippen LogP contribution in [0.15, 0.2) is 65.6 Å². The number of carbonyl (C=O) groups is 2. The highest BCUT2D eigenvalue weighted by molar-refractivity contribution is 14.1. The first kappa shape index (κ1) is 18.1. The maximum absolute atomic E-state index is 12.8. The normalized spacial score (nSPS) is 15.9. The Hall–Kier alpha value is -2.32. The molecule has 0 bridgehead atoms. The van der Waals surface area contributed by atoms with Crippen molar-refractivity contribution in [3.8, 4) is 5.75 Å². The minimum atomic E-state index is -0.291. The van der Waals surface area contributed by atoms with E-state index in [-0.39, 0.29) is 23.4 Å². The fourth-order valence-electron chi connectivity index (χ4n) is 3.00. The van der Waals surface area contributed by atoms with Crippen LogP contribution in [0.2, 0.25) is 0 Å². The van der Waals surface area contributed by atoms with Gasteiger partial charge in [-0.1, -0.05) is 48.5 Å². The van der Waals surface area contributed by atoms with Crippen LogP contribution in [0.4, 0.5) is 4.79 Å². The molecule has 134 valence electrons. The van der Waals surface area contributed by atoms with E-state index in [1.165, 1.54) is 4.90 Å². The van der Waals surface area contributed by atoms with E-state index < -0.39 is 0 Å². The van der Waals surface area contributed by atoms with Crippen molar-refractivity contribution >= 4 is 62.3 Å². The van der Waals surface area contributed by atoms with E-state index in [0.29, 0.717) is 8.48 Å². The summed E-state index contributed by atoms with van der Waals surface area (Å²) in [6, 6.07) is 18.9. The number of phenolic OH excluding ortho intramolecular Hbond substituents is 1. The summed E-state index contributed by atoms with van der Waals surface area (Å²) in [5.41, 5.74) is 1.71. The molecule has 0 unspecified atom stereocenters. The Morgan fingerprint density at radius 3 is 2.63 bits per heavy atom. The Kier molecular flexibility index (Phi) is 4.92. The smallest absolute Gasteiger partial charge is 0.293 e. The molecule has 1 aliphatic heterocycles. The highest BCUT2D eigenvalue weighted by atomic mass is 127. The van der Waals surface area contributed by atoms with Crippen LogP contribution >= 0.6 is 34.4 Å². The molecule has 4 rings (SSSR count). The molecular formula is C21H14INO3S. The fourth-order valence-corrected chi connectivity index (χ4v) is 4.38. The van der Waals surface area contributed by atoms with Crippen molar-refractivity contribution in [2.75, 3.05) is 0 Å². The van der Waals surface area contributed by atoms with E-state index in [2.05, 4.69) is 0 Å². The zero-order valence-corrected chi connectivity index (χ0v) is 17.0. The minimum Gasteiger partial charge on any atom is -0.507 e. The molecule has 4 nitrogen and oxygen atoms in total. The molecule has 3 aromatic rings. The van der Waals surface area contributed by atoms with Crippen molar-refractivity contribution in [2.45, 2.75) is 6.54 Å². The number of rotatable bonds is 3. The van der Waals surface area contributed by atoms with Gasteiger partial charge < -0.3 is 5.11 Å². The topological polar surface area (TPSA) is 57.6 Å². The molecule has 0 spiro atoms. The standard InChI is InChI=1S/C21H14INO3S/c22-17-10-13(8-9-18(17)24)11-19-20(25)23(21(26)27-19)12-15-6-3-5-14-4-1-2-7-16(14)15/h1-11,24H,12H2/b19-11-. The van der Waals surface area contributed by atoms with Gasteiger partial charge in [-0.2, -0.15) is 0 Å². The molecule has 0 aliphatic carbocycles. The predicted octanol–water partition coefficient (Wildman–Crippen LogP) is 5.39. The largest absolute Gasteiger partial charge is 0.507 e. The van der Waals surface area contributed by atoms with Crippen LogP contribution < -0.4 is 0 Å². The summed E-state index contributed by atoms with van der Waals surface area (Å²) in [4.78, 5) is 26.9. The summed E-state index contributed by atoms with van der Waals surface area (Å²) in [6.45, 7) is 0.247. The summed E-state index contributed by atoms with van der Waals surface area (Å²) in [5.74, 6) is -0.0992. The molecule has 1 heterocycles. The number of nitrogens with zero attached hydrogens (tertiary/aromatic N) is 1. The third kappa shape index (κ3) is 3.59. The maximum Gasteiger partial charge on any atom is 0.293 e. The molecule has 0 saturated carbocycles. The molecule has 2 amide bonds. The number of aromatic hydroxyl groups is 1. The first-order valence-electron chi connectivity index (χ1n) is 8.23. The Labute approximate surface area is 174 Å². The average Bonchev–Trinajstić information content (AvgIpc) is 2.92. The van der Waals surface area contributed by atoms with Crippen LogP contribution in [-0.4, -0.2) is 21.2 Å². The molecule has 1 saturated heterocycles. The molecule has 3 aromatic carbocycles. The van der Waals surface area contributed by atoms with Gasteiger partial charge in [0, 0.05) is 0 Å². The maximum atomic E-state index is 12.8. The number of imide groups is 1. The van der Waals surface area contributed by atoms with Gasteiger partial charge in [0.15, 0.2) is 0 Å². The average molecular weight is 487 g/mol. The van der Waals surface area contributed by atoms with E-state index in [1.807, 2.05) is 65.1 Å². The number of phenols is 1. The number of amides is 2. The highest BCUT2D eigenvalue weighted by Gasteiger charge is 2.35. The van der Waals surface area contributed by atoms with Gasteiger partial charge >= 0.3 is 0 Å². The van der Waals surface area contributed by atoms with Crippen molar-refractivity contribution in [1.82, 2.24) is 4.90 Å². The molecule has 27 heavy (non-hydrogen) atoms. The Bertz CT molecular complexity index is 1100. The van der Waals surface area contributed by atoms with Crippen molar-refractivity contribution in [3.63, 3.8) is 0 Å². The van der Waals surface area contributed by atoms with E-state index >= 15 is 0 Å². The van der Waals surface area contributed by atoms with Crippen LogP contribution in [0.1, 0.15) is 11.1 Å². The van der Waals surface area contributed by atoms with Gasteiger partial charge in [-0.05, 0) is 74.5 Å². The van der Waals surface area contributed by atoms with Gasteiger partial charge in [0.25, 0.3) is 11.1 Å². The number of hydrogen-bond acceptors (Lipinski definition) is 4. The quantitative estimate of drug-likeness (QED) is 0.398. The zero-order chi connectivity index (χ0) is 19.0. The summed E-state index contributed by atoms with van der Waals surface area (Å²) in [6.07, 6.45) is 1.69. The van der Waals surface area contributed by atoms with Gasteiger partial charge in [-0.25, -0.2) is 0 Å². The van der Waals surface area contributed by atoms with Crippen molar-refractivity contribution in [3.05, 3.63) is 80.3 Å². The minimum absolute atomic E-state index is 0.191. The highest BCUT2D eigenvalue weighted by Crippen LogP contribution is 2.34. The Balaban J connectivity index is 1.63. The molecule has 1 fully saturated rings. The lowest BCUT2D eigenvalue weighted by molar-refractivity contribution is -0.123. The van der Waals surface area contributed by atoms with Gasteiger partial charge in [-0.15, -0.1) is 0 Å². The van der Waals surface area contributed by atoms with Gasteiger partial charge in [0.2, 0.25) is 0 Å². The molecule has 0 radical (unpaired) electrons. The van der Waals surface area contributed by atoms with Crippen LogP contribution in [-0.2, 0) is 11.3 Å². The van der Waals surface area contributed by atoms with E-state index in [4.69, 9.17) is 0 Å². The van der Waals surface area contributed by atoms with E-state index in [9.17, 15) is 14.7 Å². The van der Waals surface area contributed by atoms with Gasteiger partial charge in [0.1, 0.15) is 5.75 Å². The number of thioether (sulfide) groups is 1. The second-order valence-electron chi connectivity index (χ2n) is 6.12. The van der Waals surface area contributed by atoms with E-state index in [1.54, 1.807) is 24.3 Å². The monoisotopic (exact) mass is 487 g/mol. The summed E-state index contributed by atoms with van der Waals surface area (Å²) >= 11 is 2.97. The predicted molar refractivity (Wildman–Crippen MR) is 116 cm³/mol. The second-order valence-corrected chi connectivity index (χ2v) is 8.27. The number of fused-ring (bicyclic) bond motifs is 1. The number of halogens is 1. The lowest BCUT2D eigenvalue weighted by Crippen LogP contribution is -2.27. The second kappa shape index (κ2) is 7.36. The van der Waals surface area contributed by atoms with Crippen molar-refractivity contribution < 1.29 is 14.7 Å². The molecule has 1 aliphatic rings. The lowest BCUT2D eigenvalue weighted by atomic mass is 10.0. The molecule has 1 N–H and O–H groups in total. The molecule has 0 aromatic heterocycles. The van der Waals surface area contributed by atoms with E-state index in [0.717, 1.165) is 33.7 Å². The summed E-state index contributed by atoms with van der Waals surface area (Å²) < 4.78 is 0.691. The van der Waals surface area contributed by atoms with Crippen LogP contribution in [0, 0.1) is 3.57 Å². The zero-order valence-electron chi connectivity index (χ0n) is 14.1. The number of benzene rings is 3. The first-order chi connectivity index (χ1) is 13.0. The molecule has 0 atom stereocenters. The van der Waals surface area contributed by atoms with Crippen molar-refractivity contribution in [2.24, 2.45) is 0 Å². The first-order valence-corrected chi connectivity index (χ1v) is 10.1. The Morgan fingerprint density at radius 1 is 1.04 bits per heavy atom. The van der Waals surface area contributed by atoms with Crippen LogP contribution in [0.5, 0.6) is 5.75 Å². The SMILES string of the molecule is O=C1S/C(=C\c2ccc(O)c(I)c2)C(=O)N1Cc1cccc2ccccc12. The fraction of sp³-hybridized carbons (Fsp3) is 0.0476. The third-order valence-corrected chi connectivity index (χ3v) is 6.12. The van der Waals surface area contributed by atoms with Gasteiger partial charge in [-0.3, -0.25) is 14.5 Å². The third-order valence-electron chi connectivity index (χ3n) is 4.35.